The lowest BCUT2D eigenvalue weighted by atomic mass is 9.87. The van der Waals surface area contributed by atoms with E-state index in [1.54, 1.807) is 12.1 Å². The Morgan fingerprint density at radius 3 is 2.30 bits per heavy atom. The van der Waals surface area contributed by atoms with E-state index in [9.17, 15) is 9.18 Å². The summed E-state index contributed by atoms with van der Waals surface area (Å²) in [6.07, 6.45) is 0.217. The van der Waals surface area contributed by atoms with Gasteiger partial charge in [-0.25, -0.2) is 4.39 Å². The molecule has 0 aliphatic carbocycles. The molecule has 0 aliphatic rings. The quantitative estimate of drug-likeness (QED) is 0.515. The molecule has 0 fully saturated rings. The van der Waals surface area contributed by atoms with Gasteiger partial charge in [0.1, 0.15) is 11.4 Å². The number of rotatable bonds is 6. The number of fused-ring (bicyclic) bond motifs is 1. The van der Waals surface area contributed by atoms with Gasteiger partial charge in [-0.05, 0) is 46.7 Å². The van der Waals surface area contributed by atoms with E-state index in [1.807, 2.05) is 58.0 Å². The van der Waals surface area contributed by atoms with Crippen LogP contribution in [0.3, 0.4) is 0 Å². The SMILES string of the molecule is CC(C)c1cc(F)cc(C(C)C)c1CC(=O)NSc1cc2ccccc2o1. The van der Waals surface area contributed by atoms with E-state index in [1.165, 1.54) is 0 Å². The monoisotopic (exact) mass is 385 g/mol. The van der Waals surface area contributed by atoms with E-state index in [2.05, 4.69) is 4.72 Å². The minimum Gasteiger partial charge on any atom is -0.448 e. The third kappa shape index (κ3) is 4.53. The van der Waals surface area contributed by atoms with Gasteiger partial charge in [0.15, 0.2) is 5.09 Å². The first-order valence-electron chi connectivity index (χ1n) is 9.11. The Hall–Kier alpha value is -2.27. The molecule has 3 nitrogen and oxygen atoms in total. The first-order chi connectivity index (χ1) is 12.8. The van der Waals surface area contributed by atoms with Crippen molar-refractivity contribution in [3.8, 4) is 0 Å². The van der Waals surface area contributed by atoms with Gasteiger partial charge < -0.3 is 4.42 Å². The van der Waals surface area contributed by atoms with Gasteiger partial charge in [0.2, 0.25) is 5.91 Å². The number of furan rings is 1. The highest BCUT2D eigenvalue weighted by Crippen LogP contribution is 2.30. The van der Waals surface area contributed by atoms with Crippen LogP contribution in [0.4, 0.5) is 4.39 Å². The minimum atomic E-state index is -0.247. The smallest absolute Gasteiger partial charge is 0.234 e. The molecule has 0 unspecified atom stereocenters. The number of halogens is 1. The summed E-state index contributed by atoms with van der Waals surface area (Å²) in [5.41, 5.74) is 3.49. The number of hydrogen-bond acceptors (Lipinski definition) is 3. The molecule has 5 heteroatoms. The van der Waals surface area contributed by atoms with Gasteiger partial charge in [0.05, 0.1) is 6.42 Å². The molecule has 0 spiro atoms. The van der Waals surface area contributed by atoms with Crippen molar-refractivity contribution >= 4 is 28.8 Å². The number of para-hydroxylation sites is 1. The zero-order valence-corrected chi connectivity index (χ0v) is 16.8. The molecule has 27 heavy (non-hydrogen) atoms. The van der Waals surface area contributed by atoms with Gasteiger partial charge >= 0.3 is 0 Å². The van der Waals surface area contributed by atoms with Crippen LogP contribution in [0, 0.1) is 5.82 Å². The highest BCUT2D eigenvalue weighted by Gasteiger charge is 2.19. The number of carbonyl (C=O) groups is 1. The maximum Gasteiger partial charge on any atom is 0.234 e. The van der Waals surface area contributed by atoms with Gasteiger partial charge in [0.25, 0.3) is 0 Å². The van der Waals surface area contributed by atoms with Crippen molar-refractivity contribution in [2.45, 2.75) is 51.0 Å². The summed E-state index contributed by atoms with van der Waals surface area (Å²) in [6, 6.07) is 12.7. The largest absolute Gasteiger partial charge is 0.448 e. The van der Waals surface area contributed by atoms with Crippen LogP contribution < -0.4 is 4.72 Å². The van der Waals surface area contributed by atoms with Gasteiger partial charge in [-0.3, -0.25) is 9.52 Å². The zero-order valence-electron chi connectivity index (χ0n) is 16.0. The van der Waals surface area contributed by atoms with Crippen LogP contribution in [-0.2, 0) is 11.2 Å². The van der Waals surface area contributed by atoms with E-state index in [-0.39, 0.29) is 30.0 Å². The fourth-order valence-electron chi connectivity index (χ4n) is 3.23. The lowest BCUT2D eigenvalue weighted by Crippen LogP contribution is -2.20. The summed E-state index contributed by atoms with van der Waals surface area (Å²) >= 11 is 1.16. The lowest BCUT2D eigenvalue weighted by Gasteiger charge is -2.19. The van der Waals surface area contributed by atoms with Crippen LogP contribution in [0.25, 0.3) is 11.0 Å². The maximum absolute atomic E-state index is 14.0. The lowest BCUT2D eigenvalue weighted by molar-refractivity contribution is -0.118. The second-order valence-corrected chi connectivity index (χ2v) is 8.09. The molecule has 0 saturated heterocycles. The fourth-order valence-corrected chi connectivity index (χ4v) is 3.83. The number of hydrogen-bond donors (Lipinski definition) is 1. The number of nitrogens with one attached hydrogen (secondary N) is 1. The molecule has 1 aromatic heterocycles. The Labute approximate surface area is 163 Å². The molecular formula is C22H24FNO2S. The Morgan fingerprint density at radius 2 is 1.70 bits per heavy atom. The maximum atomic E-state index is 14.0. The first-order valence-corrected chi connectivity index (χ1v) is 9.93. The number of carbonyl (C=O) groups excluding carboxylic acids is 1. The molecule has 142 valence electrons. The van der Waals surface area contributed by atoms with Gasteiger partial charge in [0, 0.05) is 23.4 Å². The second kappa shape index (κ2) is 8.17. The molecule has 3 aromatic rings. The topological polar surface area (TPSA) is 42.2 Å². The predicted octanol–water partition coefficient (Wildman–Crippen LogP) is 6.18. The molecule has 0 radical (unpaired) electrons. The van der Waals surface area contributed by atoms with Crippen LogP contribution in [-0.4, -0.2) is 5.91 Å². The summed E-state index contributed by atoms with van der Waals surface area (Å²) in [5.74, 6) is -0.0906. The van der Waals surface area contributed by atoms with Crippen molar-refractivity contribution in [1.29, 1.82) is 0 Å². The molecule has 0 saturated carbocycles. The number of amides is 1. The standard InChI is InChI=1S/C22H24FNO2S/c1-13(2)17-10-16(23)11-18(14(3)4)19(17)12-21(25)24-27-22-9-15-7-5-6-8-20(15)26-22/h5-11,13-14H,12H2,1-4H3,(H,24,25). The average molecular weight is 386 g/mol. The molecule has 0 bridgehead atoms. The van der Waals surface area contributed by atoms with Crippen molar-refractivity contribution in [3.63, 3.8) is 0 Å². The molecule has 1 amide bonds. The van der Waals surface area contributed by atoms with Crippen LogP contribution in [0.5, 0.6) is 0 Å². The Balaban J connectivity index is 1.77. The van der Waals surface area contributed by atoms with Crippen LogP contribution in [0.1, 0.15) is 56.2 Å². The third-order valence-corrected chi connectivity index (χ3v) is 5.27. The average Bonchev–Trinajstić information content (AvgIpc) is 3.03. The van der Waals surface area contributed by atoms with Crippen molar-refractivity contribution in [1.82, 2.24) is 4.72 Å². The number of benzene rings is 2. The summed E-state index contributed by atoms with van der Waals surface area (Å²) in [7, 11) is 0. The highest BCUT2D eigenvalue weighted by atomic mass is 32.2. The van der Waals surface area contributed by atoms with Gasteiger partial charge in [-0.1, -0.05) is 45.9 Å². The van der Waals surface area contributed by atoms with E-state index in [4.69, 9.17) is 4.42 Å². The van der Waals surface area contributed by atoms with Crippen LogP contribution >= 0.6 is 11.9 Å². The van der Waals surface area contributed by atoms with E-state index >= 15 is 0 Å². The van der Waals surface area contributed by atoms with E-state index in [0.717, 1.165) is 39.6 Å². The van der Waals surface area contributed by atoms with Crippen molar-refractivity contribution < 1.29 is 13.6 Å². The van der Waals surface area contributed by atoms with E-state index < -0.39 is 0 Å². The second-order valence-electron chi connectivity index (χ2n) is 7.28. The van der Waals surface area contributed by atoms with Crippen molar-refractivity contribution in [3.05, 3.63) is 65.0 Å². The molecule has 1 N–H and O–H groups in total. The molecule has 2 aromatic carbocycles. The van der Waals surface area contributed by atoms with Gasteiger partial charge in [-0.15, -0.1) is 0 Å². The van der Waals surface area contributed by atoms with Crippen LogP contribution in [0.15, 0.2) is 52.0 Å². The fraction of sp³-hybridized carbons (Fsp3) is 0.318. The normalized spacial score (nSPS) is 11.5. The molecule has 3 rings (SSSR count). The van der Waals surface area contributed by atoms with Crippen molar-refractivity contribution in [2.75, 3.05) is 0 Å². The summed E-state index contributed by atoms with van der Waals surface area (Å²) in [4.78, 5) is 12.6. The Kier molecular flexibility index (Phi) is 5.90. The molecule has 0 aliphatic heterocycles. The molecule has 0 atom stereocenters. The zero-order chi connectivity index (χ0) is 19.6. The molecule has 1 heterocycles. The Morgan fingerprint density at radius 1 is 1.07 bits per heavy atom. The summed E-state index contributed by atoms with van der Waals surface area (Å²) < 4.78 is 22.6. The first kappa shape index (κ1) is 19.5. The predicted molar refractivity (Wildman–Crippen MR) is 108 cm³/mol. The highest BCUT2D eigenvalue weighted by molar-refractivity contribution is 7.97. The van der Waals surface area contributed by atoms with Crippen molar-refractivity contribution in [2.24, 2.45) is 0 Å². The third-order valence-electron chi connectivity index (χ3n) is 4.53. The van der Waals surface area contributed by atoms with Gasteiger partial charge in [-0.2, -0.15) is 0 Å². The minimum absolute atomic E-state index is 0.129. The Bertz CT molecular complexity index is 900. The van der Waals surface area contributed by atoms with E-state index in [0.29, 0.717) is 5.09 Å². The summed E-state index contributed by atoms with van der Waals surface area (Å²) in [5, 5.41) is 1.63. The molecular weight excluding hydrogens is 361 g/mol. The summed E-state index contributed by atoms with van der Waals surface area (Å²) in [6.45, 7) is 8.07. The van der Waals surface area contributed by atoms with Crippen LogP contribution in [0.2, 0.25) is 0 Å².